The second-order valence-electron chi connectivity index (χ2n) is 3.45. The Hall–Kier alpha value is -0.700. The number of benzene rings is 2. The van der Waals surface area contributed by atoms with Crippen LogP contribution in [0.15, 0.2) is 46.9 Å². The molecule has 1 nitrogen and oxygen atoms in total. The van der Waals surface area contributed by atoms with Crippen LogP contribution >= 0.6 is 39.1 Å². The molecule has 4 heteroatoms. The molecule has 17 heavy (non-hydrogen) atoms. The highest BCUT2D eigenvalue weighted by atomic mass is 79.9. The first kappa shape index (κ1) is 12.7. The first-order valence-electron chi connectivity index (χ1n) is 4.97. The molecule has 0 atom stereocenters. The normalized spacial score (nSPS) is 10.3. The molecule has 0 fully saturated rings. The summed E-state index contributed by atoms with van der Waals surface area (Å²) >= 11 is 15.2. The molecule has 0 saturated heterocycles. The summed E-state index contributed by atoms with van der Waals surface area (Å²) in [5.74, 6) is 1.84. The van der Waals surface area contributed by atoms with Crippen LogP contribution in [0.3, 0.4) is 0 Å². The van der Waals surface area contributed by atoms with Gasteiger partial charge in [0.05, 0.1) is 5.88 Å². The average molecular weight is 332 g/mol. The number of hydrogen-bond donors (Lipinski definition) is 0. The van der Waals surface area contributed by atoms with Gasteiger partial charge in [-0.3, -0.25) is 0 Å². The topological polar surface area (TPSA) is 9.23 Å². The van der Waals surface area contributed by atoms with E-state index in [0.717, 1.165) is 15.8 Å². The van der Waals surface area contributed by atoms with Gasteiger partial charge in [-0.2, -0.15) is 0 Å². The van der Waals surface area contributed by atoms with Crippen LogP contribution in [0.4, 0.5) is 0 Å². The van der Waals surface area contributed by atoms with Crippen molar-refractivity contribution in [3.05, 3.63) is 57.5 Å². The summed E-state index contributed by atoms with van der Waals surface area (Å²) in [4.78, 5) is 0. The second-order valence-corrected chi connectivity index (χ2v) is 5.06. The summed E-state index contributed by atoms with van der Waals surface area (Å²) in [6.07, 6.45) is 0. The van der Waals surface area contributed by atoms with Crippen molar-refractivity contribution in [2.24, 2.45) is 0 Å². The van der Waals surface area contributed by atoms with E-state index in [1.165, 1.54) is 0 Å². The monoisotopic (exact) mass is 330 g/mol. The zero-order valence-corrected chi connectivity index (χ0v) is 11.9. The van der Waals surface area contributed by atoms with Gasteiger partial charge in [0.25, 0.3) is 0 Å². The summed E-state index contributed by atoms with van der Waals surface area (Å²) in [7, 11) is 0. The van der Waals surface area contributed by atoms with E-state index in [4.69, 9.17) is 27.9 Å². The molecule has 0 heterocycles. The molecule has 0 N–H and O–H groups in total. The fourth-order valence-electron chi connectivity index (χ4n) is 1.39. The summed E-state index contributed by atoms with van der Waals surface area (Å²) in [5, 5.41) is 0.643. The van der Waals surface area contributed by atoms with Gasteiger partial charge >= 0.3 is 0 Å². The van der Waals surface area contributed by atoms with Crippen molar-refractivity contribution in [2.75, 3.05) is 0 Å². The van der Waals surface area contributed by atoms with E-state index in [1.54, 1.807) is 12.1 Å². The lowest BCUT2D eigenvalue weighted by Crippen LogP contribution is -1.89. The van der Waals surface area contributed by atoms with Crippen molar-refractivity contribution in [1.82, 2.24) is 0 Å². The van der Waals surface area contributed by atoms with Crippen LogP contribution in [0.5, 0.6) is 11.5 Å². The van der Waals surface area contributed by atoms with Gasteiger partial charge in [-0.25, -0.2) is 0 Å². The molecule has 88 valence electrons. The van der Waals surface area contributed by atoms with E-state index < -0.39 is 0 Å². The van der Waals surface area contributed by atoms with Gasteiger partial charge in [-0.1, -0.05) is 39.7 Å². The molecule has 0 aliphatic heterocycles. The highest BCUT2D eigenvalue weighted by Gasteiger charge is 2.05. The van der Waals surface area contributed by atoms with Gasteiger partial charge in [0.2, 0.25) is 0 Å². The first-order chi connectivity index (χ1) is 8.19. The molecule has 0 unspecified atom stereocenters. The quantitative estimate of drug-likeness (QED) is 0.662. The Balaban J connectivity index is 2.32. The largest absolute Gasteiger partial charge is 0.457 e. The zero-order valence-electron chi connectivity index (χ0n) is 8.79. The van der Waals surface area contributed by atoms with E-state index >= 15 is 0 Å². The Morgan fingerprint density at radius 2 is 1.94 bits per heavy atom. The molecule has 0 spiro atoms. The summed E-state index contributed by atoms with van der Waals surface area (Å²) in [5.41, 5.74) is 0.940. The molecular weight excluding hydrogens is 323 g/mol. The molecule has 2 aromatic rings. The van der Waals surface area contributed by atoms with Crippen molar-refractivity contribution in [3.8, 4) is 11.5 Å². The Labute approximate surface area is 118 Å². The average Bonchev–Trinajstić information content (AvgIpc) is 2.29. The standard InChI is InChI=1S/C13H9BrCl2O/c14-10-5-4-9(8-15)13(6-10)17-12-3-1-2-11(16)7-12/h1-7H,8H2. The molecule has 2 rings (SSSR count). The molecule has 2 aromatic carbocycles. The maximum absolute atomic E-state index is 5.90. The number of halogens is 3. The minimum Gasteiger partial charge on any atom is -0.457 e. The molecule has 0 saturated carbocycles. The fourth-order valence-corrected chi connectivity index (χ4v) is 2.13. The highest BCUT2D eigenvalue weighted by molar-refractivity contribution is 9.10. The SMILES string of the molecule is ClCc1ccc(Br)cc1Oc1cccc(Cl)c1. The summed E-state index contributed by atoms with van der Waals surface area (Å²) in [6, 6.07) is 13.0. The molecule has 0 bridgehead atoms. The van der Waals surface area contributed by atoms with E-state index in [1.807, 2.05) is 30.3 Å². The molecule has 0 aliphatic rings. The van der Waals surface area contributed by atoms with E-state index in [9.17, 15) is 0 Å². The maximum Gasteiger partial charge on any atom is 0.132 e. The summed E-state index contributed by atoms with van der Waals surface area (Å²) in [6.45, 7) is 0. The van der Waals surface area contributed by atoms with Crippen LogP contribution in [0.1, 0.15) is 5.56 Å². The number of hydrogen-bond acceptors (Lipinski definition) is 1. The third kappa shape index (κ3) is 3.38. The minimum atomic E-state index is 0.406. The minimum absolute atomic E-state index is 0.406. The lowest BCUT2D eigenvalue weighted by atomic mass is 10.2. The van der Waals surface area contributed by atoms with E-state index in [2.05, 4.69) is 15.9 Å². The van der Waals surface area contributed by atoms with Crippen LogP contribution in [-0.4, -0.2) is 0 Å². The predicted molar refractivity (Wildman–Crippen MR) is 75.2 cm³/mol. The van der Waals surface area contributed by atoms with Gasteiger partial charge in [-0.15, -0.1) is 11.6 Å². The highest BCUT2D eigenvalue weighted by Crippen LogP contribution is 2.30. The third-order valence-electron chi connectivity index (χ3n) is 2.20. The molecule has 0 amide bonds. The lowest BCUT2D eigenvalue weighted by Gasteiger charge is -2.10. The second kappa shape index (κ2) is 5.76. The fraction of sp³-hybridized carbons (Fsp3) is 0.0769. The van der Waals surface area contributed by atoms with Crippen LogP contribution in [0.2, 0.25) is 5.02 Å². The summed E-state index contributed by atoms with van der Waals surface area (Å²) < 4.78 is 6.71. The van der Waals surface area contributed by atoms with Crippen molar-refractivity contribution < 1.29 is 4.74 Å². The van der Waals surface area contributed by atoms with Crippen molar-refractivity contribution in [2.45, 2.75) is 5.88 Å². The van der Waals surface area contributed by atoms with Gasteiger partial charge in [0, 0.05) is 15.1 Å². The zero-order chi connectivity index (χ0) is 12.3. The van der Waals surface area contributed by atoms with Gasteiger partial charge < -0.3 is 4.74 Å². The number of ether oxygens (including phenoxy) is 1. The predicted octanol–water partition coefficient (Wildman–Crippen LogP) is 5.63. The van der Waals surface area contributed by atoms with Crippen molar-refractivity contribution in [3.63, 3.8) is 0 Å². The third-order valence-corrected chi connectivity index (χ3v) is 3.21. The van der Waals surface area contributed by atoms with Gasteiger partial charge in [-0.05, 0) is 30.3 Å². The van der Waals surface area contributed by atoms with Crippen LogP contribution in [-0.2, 0) is 5.88 Å². The Kier molecular flexibility index (Phi) is 4.32. The molecule has 0 aliphatic carbocycles. The Bertz CT molecular complexity index is 529. The van der Waals surface area contributed by atoms with E-state index in [-0.39, 0.29) is 0 Å². The van der Waals surface area contributed by atoms with Crippen LogP contribution < -0.4 is 4.74 Å². The molecular formula is C13H9BrCl2O. The smallest absolute Gasteiger partial charge is 0.132 e. The van der Waals surface area contributed by atoms with E-state index in [0.29, 0.717) is 16.7 Å². The Morgan fingerprint density at radius 1 is 1.12 bits per heavy atom. The molecule has 0 radical (unpaired) electrons. The van der Waals surface area contributed by atoms with Gasteiger partial charge in [0.15, 0.2) is 0 Å². The lowest BCUT2D eigenvalue weighted by molar-refractivity contribution is 0.478. The van der Waals surface area contributed by atoms with Crippen molar-refractivity contribution >= 4 is 39.1 Å². The Morgan fingerprint density at radius 3 is 2.65 bits per heavy atom. The molecule has 0 aromatic heterocycles. The van der Waals surface area contributed by atoms with Gasteiger partial charge in [0.1, 0.15) is 11.5 Å². The number of rotatable bonds is 3. The number of alkyl halides is 1. The van der Waals surface area contributed by atoms with Crippen LogP contribution in [0.25, 0.3) is 0 Å². The first-order valence-corrected chi connectivity index (χ1v) is 6.67. The maximum atomic E-state index is 5.90. The van der Waals surface area contributed by atoms with Crippen LogP contribution in [0, 0.1) is 0 Å². The van der Waals surface area contributed by atoms with Crippen molar-refractivity contribution in [1.29, 1.82) is 0 Å².